The van der Waals surface area contributed by atoms with Crippen molar-refractivity contribution in [1.82, 2.24) is 5.32 Å². The number of rotatable bonds is 5. The Kier molecular flexibility index (Phi) is 5.23. The highest BCUT2D eigenvalue weighted by atomic mass is 32.1. The Balaban J connectivity index is 2.41. The molecule has 0 radical (unpaired) electrons. The predicted molar refractivity (Wildman–Crippen MR) is 94.4 cm³/mol. The van der Waals surface area contributed by atoms with Crippen molar-refractivity contribution in [2.75, 3.05) is 6.54 Å². The monoisotopic (exact) mass is 301 g/mol. The van der Waals surface area contributed by atoms with E-state index in [-0.39, 0.29) is 5.41 Å². The summed E-state index contributed by atoms with van der Waals surface area (Å²) in [4.78, 5) is 2.87. The maximum atomic E-state index is 3.67. The molecule has 1 heterocycles. The zero-order valence-electron chi connectivity index (χ0n) is 13.9. The Morgan fingerprint density at radius 1 is 1.05 bits per heavy atom. The molecule has 0 bridgehead atoms. The smallest absolute Gasteiger partial charge is 0.0673 e. The molecule has 0 aliphatic carbocycles. The molecule has 2 heteroatoms. The van der Waals surface area contributed by atoms with E-state index in [1.807, 2.05) is 11.3 Å². The minimum atomic E-state index is 0.226. The van der Waals surface area contributed by atoms with Crippen molar-refractivity contribution in [3.05, 3.63) is 57.3 Å². The van der Waals surface area contributed by atoms with Crippen LogP contribution in [-0.4, -0.2) is 6.54 Å². The summed E-state index contributed by atoms with van der Waals surface area (Å²) in [5.74, 6) is 0. The van der Waals surface area contributed by atoms with Gasteiger partial charge < -0.3 is 5.32 Å². The van der Waals surface area contributed by atoms with Crippen LogP contribution in [-0.2, 0) is 11.8 Å². The molecule has 1 unspecified atom stereocenters. The van der Waals surface area contributed by atoms with Crippen molar-refractivity contribution < 1.29 is 0 Å². The fourth-order valence-electron chi connectivity index (χ4n) is 2.62. The molecule has 0 fully saturated rings. The lowest BCUT2D eigenvalue weighted by Crippen LogP contribution is -2.22. The SMILES string of the molecule is CCNC(c1ccc(C(C)(C)C)s1)c1ccccc1CC. The van der Waals surface area contributed by atoms with Gasteiger partial charge in [0.25, 0.3) is 0 Å². The number of nitrogens with one attached hydrogen (secondary N) is 1. The number of thiophene rings is 1. The van der Waals surface area contributed by atoms with Gasteiger partial charge in [-0.15, -0.1) is 11.3 Å². The van der Waals surface area contributed by atoms with Crippen LogP contribution in [0, 0.1) is 0 Å². The topological polar surface area (TPSA) is 12.0 Å². The summed E-state index contributed by atoms with van der Waals surface area (Å²) in [6, 6.07) is 13.7. The summed E-state index contributed by atoms with van der Waals surface area (Å²) in [7, 11) is 0. The van der Waals surface area contributed by atoms with E-state index < -0.39 is 0 Å². The molecule has 0 saturated heterocycles. The zero-order chi connectivity index (χ0) is 15.5. The van der Waals surface area contributed by atoms with Gasteiger partial charge >= 0.3 is 0 Å². The molecule has 1 N–H and O–H groups in total. The third kappa shape index (κ3) is 3.75. The Bertz CT molecular complexity index is 577. The summed E-state index contributed by atoms with van der Waals surface area (Å²) in [6.45, 7) is 12.2. The molecule has 21 heavy (non-hydrogen) atoms. The lowest BCUT2D eigenvalue weighted by atomic mass is 9.94. The molecular formula is C19H27NS. The van der Waals surface area contributed by atoms with Crippen molar-refractivity contribution in [1.29, 1.82) is 0 Å². The van der Waals surface area contributed by atoms with E-state index in [2.05, 4.69) is 76.3 Å². The fraction of sp³-hybridized carbons (Fsp3) is 0.474. The van der Waals surface area contributed by atoms with Crippen molar-refractivity contribution >= 4 is 11.3 Å². The van der Waals surface area contributed by atoms with Crippen LogP contribution >= 0.6 is 11.3 Å². The minimum absolute atomic E-state index is 0.226. The summed E-state index contributed by atoms with van der Waals surface area (Å²) in [5, 5.41) is 3.67. The van der Waals surface area contributed by atoms with Crippen molar-refractivity contribution in [2.45, 2.75) is 52.5 Å². The van der Waals surface area contributed by atoms with Gasteiger partial charge in [0.05, 0.1) is 6.04 Å². The van der Waals surface area contributed by atoms with E-state index in [4.69, 9.17) is 0 Å². The lowest BCUT2D eigenvalue weighted by molar-refractivity contribution is 0.604. The Morgan fingerprint density at radius 2 is 1.76 bits per heavy atom. The molecule has 2 aromatic rings. The number of aryl methyl sites for hydroxylation is 1. The van der Waals surface area contributed by atoms with Gasteiger partial charge in [-0.25, -0.2) is 0 Å². The molecule has 1 aromatic carbocycles. The first kappa shape index (κ1) is 16.3. The second-order valence-electron chi connectivity index (χ2n) is 6.50. The number of benzene rings is 1. The number of hydrogen-bond donors (Lipinski definition) is 1. The van der Waals surface area contributed by atoms with Crippen molar-refractivity contribution in [3.8, 4) is 0 Å². The van der Waals surface area contributed by atoms with Crippen LogP contribution in [0.4, 0.5) is 0 Å². The van der Waals surface area contributed by atoms with E-state index >= 15 is 0 Å². The van der Waals surface area contributed by atoms with Crippen LogP contribution in [0.15, 0.2) is 36.4 Å². The highest BCUT2D eigenvalue weighted by Crippen LogP contribution is 2.35. The lowest BCUT2D eigenvalue weighted by Gasteiger charge is -2.21. The second kappa shape index (κ2) is 6.76. The highest BCUT2D eigenvalue weighted by molar-refractivity contribution is 7.12. The van der Waals surface area contributed by atoms with Crippen LogP contribution in [0.2, 0.25) is 0 Å². The Hall–Kier alpha value is -1.12. The molecule has 0 spiro atoms. The average molecular weight is 301 g/mol. The number of hydrogen-bond acceptors (Lipinski definition) is 2. The Morgan fingerprint density at radius 3 is 2.33 bits per heavy atom. The first-order valence-electron chi connectivity index (χ1n) is 7.88. The van der Waals surface area contributed by atoms with Crippen LogP contribution < -0.4 is 5.32 Å². The third-order valence-corrected chi connectivity index (χ3v) is 5.38. The summed E-state index contributed by atoms with van der Waals surface area (Å²) in [5.41, 5.74) is 3.09. The maximum Gasteiger partial charge on any atom is 0.0673 e. The Labute approximate surface area is 133 Å². The van der Waals surface area contributed by atoms with Crippen LogP contribution in [0.1, 0.15) is 61.5 Å². The van der Waals surface area contributed by atoms with Crippen molar-refractivity contribution in [2.24, 2.45) is 0 Å². The van der Waals surface area contributed by atoms with E-state index in [9.17, 15) is 0 Å². The predicted octanol–water partition coefficient (Wildman–Crippen LogP) is 5.31. The molecule has 0 amide bonds. The van der Waals surface area contributed by atoms with Gasteiger partial charge in [0.1, 0.15) is 0 Å². The van der Waals surface area contributed by atoms with Gasteiger partial charge in [-0.1, -0.05) is 58.9 Å². The van der Waals surface area contributed by atoms with E-state index in [0.29, 0.717) is 6.04 Å². The summed E-state index contributed by atoms with van der Waals surface area (Å²) < 4.78 is 0. The van der Waals surface area contributed by atoms with Gasteiger partial charge in [-0.3, -0.25) is 0 Å². The molecule has 2 rings (SSSR count). The standard InChI is InChI=1S/C19H27NS/c1-6-14-10-8-9-11-15(14)18(20-7-2)16-12-13-17(21-16)19(3,4)5/h8-13,18,20H,6-7H2,1-5H3. The molecule has 114 valence electrons. The second-order valence-corrected chi connectivity index (χ2v) is 7.61. The van der Waals surface area contributed by atoms with Gasteiger partial charge in [-0.05, 0) is 41.6 Å². The van der Waals surface area contributed by atoms with Crippen LogP contribution in [0.3, 0.4) is 0 Å². The van der Waals surface area contributed by atoms with E-state index in [1.165, 1.54) is 20.9 Å². The largest absolute Gasteiger partial charge is 0.306 e. The zero-order valence-corrected chi connectivity index (χ0v) is 14.7. The van der Waals surface area contributed by atoms with Gasteiger partial charge in [0.2, 0.25) is 0 Å². The quantitative estimate of drug-likeness (QED) is 0.789. The average Bonchev–Trinajstić information content (AvgIpc) is 2.94. The molecular weight excluding hydrogens is 274 g/mol. The minimum Gasteiger partial charge on any atom is -0.306 e. The molecule has 0 saturated carbocycles. The van der Waals surface area contributed by atoms with Crippen LogP contribution in [0.25, 0.3) is 0 Å². The van der Waals surface area contributed by atoms with E-state index in [1.54, 1.807) is 0 Å². The molecule has 1 atom stereocenters. The molecule has 0 aliphatic heterocycles. The normalized spacial score (nSPS) is 13.4. The summed E-state index contributed by atoms with van der Waals surface area (Å²) >= 11 is 1.94. The third-order valence-electron chi connectivity index (χ3n) is 3.81. The first-order valence-corrected chi connectivity index (χ1v) is 8.70. The highest BCUT2D eigenvalue weighted by Gasteiger charge is 2.21. The summed E-state index contributed by atoms with van der Waals surface area (Å²) in [6.07, 6.45) is 1.08. The fourth-order valence-corrected chi connectivity index (χ4v) is 3.78. The van der Waals surface area contributed by atoms with Crippen LogP contribution in [0.5, 0.6) is 0 Å². The molecule has 1 nitrogen and oxygen atoms in total. The maximum absolute atomic E-state index is 3.67. The first-order chi connectivity index (χ1) is 9.97. The van der Waals surface area contributed by atoms with Gasteiger partial charge in [0, 0.05) is 9.75 Å². The van der Waals surface area contributed by atoms with E-state index in [0.717, 1.165) is 13.0 Å². The van der Waals surface area contributed by atoms with Gasteiger partial charge in [-0.2, -0.15) is 0 Å². The molecule has 0 aliphatic rings. The molecule has 1 aromatic heterocycles. The van der Waals surface area contributed by atoms with Crippen molar-refractivity contribution in [3.63, 3.8) is 0 Å². The van der Waals surface area contributed by atoms with Gasteiger partial charge in [0.15, 0.2) is 0 Å².